The van der Waals surface area contributed by atoms with Gasteiger partial charge < -0.3 is 10.4 Å². The van der Waals surface area contributed by atoms with Gasteiger partial charge in [0.05, 0.1) is 10.0 Å². The van der Waals surface area contributed by atoms with Crippen molar-refractivity contribution in [2.75, 3.05) is 13.2 Å². The van der Waals surface area contributed by atoms with Gasteiger partial charge in [0, 0.05) is 18.7 Å². The Labute approximate surface area is 104 Å². The Hall–Kier alpha value is -0.770. The van der Waals surface area contributed by atoms with E-state index in [1.165, 1.54) is 6.07 Å². The van der Waals surface area contributed by atoms with Crippen LogP contribution in [0.5, 0.6) is 0 Å². The van der Waals surface area contributed by atoms with Gasteiger partial charge in [-0.2, -0.15) is 0 Å². The molecule has 0 aliphatic rings. The molecule has 5 heteroatoms. The topological polar surface area (TPSA) is 49.3 Å². The molecule has 0 spiro atoms. The zero-order valence-electron chi connectivity index (χ0n) is 8.67. The van der Waals surface area contributed by atoms with E-state index in [1.54, 1.807) is 12.1 Å². The molecule has 2 N–H and O–H groups in total. The van der Waals surface area contributed by atoms with E-state index < -0.39 is 0 Å². The van der Waals surface area contributed by atoms with Crippen LogP contribution in [0.15, 0.2) is 18.2 Å². The summed E-state index contributed by atoms with van der Waals surface area (Å²) in [5.41, 5.74) is 0.485. The third kappa shape index (κ3) is 4.00. The Morgan fingerprint density at radius 3 is 2.62 bits per heavy atom. The van der Waals surface area contributed by atoms with Crippen molar-refractivity contribution in [3.05, 3.63) is 33.8 Å². The van der Waals surface area contributed by atoms with Gasteiger partial charge in [0.2, 0.25) is 0 Å². The fourth-order valence-electron chi connectivity index (χ4n) is 1.18. The highest BCUT2D eigenvalue weighted by molar-refractivity contribution is 6.42. The van der Waals surface area contributed by atoms with Gasteiger partial charge in [0.15, 0.2) is 0 Å². The van der Waals surface area contributed by atoms with Gasteiger partial charge in [0.25, 0.3) is 5.91 Å². The van der Waals surface area contributed by atoms with Crippen LogP contribution in [0.3, 0.4) is 0 Å². The maximum absolute atomic E-state index is 11.6. The zero-order chi connectivity index (χ0) is 12.0. The molecule has 0 saturated heterocycles. The van der Waals surface area contributed by atoms with E-state index in [2.05, 4.69) is 5.32 Å². The predicted molar refractivity (Wildman–Crippen MR) is 65.1 cm³/mol. The average Bonchev–Trinajstić information content (AvgIpc) is 2.28. The lowest BCUT2D eigenvalue weighted by atomic mass is 10.2. The molecule has 1 aromatic carbocycles. The summed E-state index contributed by atoms with van der Waals surface area (Å²) < 4.78 is 0. The number of hydrogen-bond acceptors (Lipinski definition) is 2. The van der Waals surface area contributed by atoms with Crippen LogP contribution in [-0.2, 0) is 0 Å². The van der Waals surface area contributed by atoms with Crippen LogP contribution < -0.4 is 5.32 Å². The summed E-state index contributed by atoms with van der Waals surface area (Å²) in [6, 6.07) is 4.74. The normalized spacial score (nSPS) is 10.2. The number of benzene rings is 1. The molecular formula is C11H13Cl2NO2. The number of rotatable bonds is 5. The number of carbonyl (C=O) groups is 1. The van der Waals surface area contributed by atoms with Crippen LogP contribution in [-0.4, -0.2) is 24.2 Å². The minimum absolute atomic E-state index is 0.142. The van der Waals surface area contributed by atoms with Crippen molar-refractivity contribution in [3.63, 3.8) is 0 Å². The number of halogens is 2. The van der Waals surface area contributed by atoms with Gasteiger partial charge >= 0.3 is 0 Å². The van der Waals surface area contributed by atoms with E-state index in [4.69, 9.17) is 28.3 Å². The molecule has 1 rings (SSSR count). The van der Waals surface area contributed by atoms with E-state index in [0.29, 0.717) is 28.6 Å². The summed E-state index contributed by atoms with van der Waals surface area (Å²) in [5.74, 6) is -0.184. The van der Waals surface area contributed by atoms with Gasteiger partial charge in [-0.3, -0.25) is 4.79 Å². The van der Waals surface area contributed by atoms with Gasteiger partial charge in [-0.1, -0.05) is 23.2 Å². The highest BCUT2D eigenvalue weighted by atomic mass is 35.5. The smallest absolute Gasteiger partial charge is 0.251 e. The Morgan fingerprint density at radius 1 is 1.25 bits per heavy atom. The lowest BCUT2D eigenvalue weighted by molar-refractivity contribution is 0.0952. The van der Waals surface area contributed by atoms with Gasteiger partial charge in [-0.15, -0.1) is 0 Å². The minimum atomic E-state index is -0.184. The van der Waals surface area contributed by atoms with Crippen LogP contribution >= 0.6 is 23.2 Å². The van der Waals surface area contributed by atoms with Crippen molar-refractivity contribution >= 4 is 29.1 Å². The molecule has 0 heterocycles. The van der Waals surface area contributed by atoms with Crippen molar-refractivity contribution < 1.29 is 9.90 Å². The van der Waals surface area contributed by atoms with Gasteiger partial charge in [-0.25, -0.2) is 0 Å². The second kappa shape index (κ2) is 6.74. The summed E-state index contributed by atoms with van der Waals surface area (Å²) in [4.78, 5) is 11.6. The molecule has 0 aromatic heterocycles. The third-order valence-electron chi connectivity index (χ3n) is 2.05. The van der Waals surface area contributed by atoms with Gasteiger partial charge in [0.1, 0.15) is 0 Å². The van der Waals surface area contributed by atoms with E-state index in [9.17, 15) is 4.79 Å². The van der Waals surface area contributed by atoms with E-state index in [0.717, 1.165) is 6.42 Å². The van der Waals surface area contributed by atoms with Crippen molar-refractivity contribution in [1.29, 1.82) is 0 Å². The fourth-order valence-corrected chi connectivity index (χ4v) is 1.48. The number of nitrogens with one attached hydrogen (secondary N) is 1. The molecule has 0 radical (unpaired) electrons. The lowest BCUT2D eigenvalue weighted by Gasteiger charge is -2.05. The van der Waals surface area contributed by atoms with E-state index in [-0.39, 0.29) is 12.5 Å². The van der Waals surface area contributed by atoms with Crippen molar-refractivity contribution in [2.45, 2.75) is 12.8 Å². The largest absolute Gasteiger partial charge is 0.396 e. The Kier molecular flexibility index (Phi) is 5.60. The first-order chi connectivity index (χ1) is 7.65. The maximum atomic E-state index is 11.6. The molecule has 0 aliphatic heterocycles. The summed E-state index contributed by atoms with van der Waals surface area (Å²) in [6.07, 6.45) is 1.44. The lowest BCUT2D eigenvalue weighted by Crippen LogP contribution is -2.24. The summed E-state index contributed by atoms with van der Waals surface area (Å²) in [5, 5.41) is 12.1. The predicted octanol–water partition coefficient (Wildman–Crippen LogP) is 2.50. The summed E-state index contributed by atoms with van der Waals surface area (Å²) in [6.45, 7) is 0.683. The first-order valence-electron chi connectivity index (χ1n) is 4.99. The fraction of sp³-hybridized carbons (Fsp3) is 0.364. The quantitative estimate of drug-likeness (QED) is 0.801. The Morgan fingerprint density at radius 2 is 2.00 bits per heavy atom. The van der Waals surface area contributed by atoms with Crippen LogP contribution in [0.25, 0.3) is 0 Å². The van der Waals surface area contributed by atoms with Crippen molar-refractivity contribution in [3.8, 4) is 0 Å². The molecular weight excluding hydrogens is 249 g/mol. The molecule has 16 heavy (non-hydrogen) atoms. The number of carbonyl (C=O) groups excluding carboxylic acids is 1. The molecule has 0 atom stereocenters. The standard InChI is InChI=1S/C11H13Cl2NO2/c12-9-4-3-8(7-10(9)13)11(16)14-5-1-2-6-15/h3-4,7,15H,1-2,5-6H2,(H,14,16). The summed E-state index contributed by atoms with van der Waals surface area (Å²) >= 11 is 11.5. The molecule has 0 fully saturated rings. The minimum Gasteiger partial charge on any atom is -0.396 e. The number of aliphatic hydroxyl groups is 1. The Bertz CT molecular complexity index is 369. The second-order valence-corrected chi connectivity index (χ2v) is 4.13. The number of aliphatic hydroxyl groups excluding tert-OH is 1. The SMILES string of the molecule is O=C(NCCCCO)c1ccc(Cl)c(Cl)c1. The molecule has 1 amide bonds. The van der Waals surface area contributed by atoms with Crippen LogP contribution in [0.2, 0.25) is 10.0 Å². The number of hydrogen-bond donors (Lipinski definition) is 2. The first kappa shape index (κ1) is 13.3. The number of amides is 1. The van der Waals surface area contributed by atoms with Crippen LogP contribution in [0.4, 0.5) is 0 Å². The average molecular weight is 262 g/mol. The highest BCUT2D eigenvalue weighted by Crippen LogP contribution is 2.22. The molecule has 1 aromatic rings. The maximum Gasteiger partial charge on any atom is 0.251 e. The first-order valence-corrected chi connectivity index (χ1v) is 5.75. The molecule has 3 nitrogen and oxygen atoms in total. The molecule has 88 valence electrons. The van der Waals surface area contributed by atoms with Gasteiger partial charge in [-0.05, 0) is 31.0 Å². The highest BCUT2D eigenvalue weighted by Gasteiger charge is 2.06. The molecule has 0 bridgehead atoms. The monoisotopic (exact) mass is 261 g/mol. The summed E-state index contributed by atoms with van der Waals surface area (Å²) in [7, 11) is 0. The van der Waals surface area contributed by atoms with E-state index in [1.807, 2.05) is 0 Å². The van der Waals surface area contributed by atoms with Crippen LogP contribution in [0.1, 0.15) is 23.2 Å². The van der Waals surface area contributed by atoms with E-state index >= 15 is 0 Å². The van der Waals surface area contributed by atoms with Crippen molar-refractivity contribution in [1.82, 2.24) is 5.32 Å². The van der Waals surface area contributed by atoms with Crippen LogP contribution in [0, 0.1) is 0 Å². The molecule has 0 aliphatic carbocycles. The van der Waals surface area contributed by atoms with Crippen molar-refractivity contribution in [2.24, 2.45) is 0 Å². The molecule has 0 saturated carbocycles. The Balaban J connectivity index is 2.50. The zero-order valence-corrected chi connectivity index (χ0v) is 10.2. The number of unbranched alkanes of at least 4 members (excludes halogenated alkanes) is 1. The third-order valence-corrected chi connectivity index (χ3v) is 2.79. The molecule has 0 unspecified atom stereocenters. The second-order valence-electron chi connectivity index (χ2n) is 3.32.